The Hall–Kier alpha value is -4.71. The first-order valence-corrected chi connectivity index (χ1v) is 13.7. The monoisotopic (exact) mass is 614 g/mol. The first kappa shape index (κ1) is 31.2. The van der Waals surface area contributed by atoms with Gasteiger partial charge in [-0.25, -0.2) is 18.4 Å². The third-order valence-electron chi connectivity index (χ3n) is 6.85. The van der Waals surface area contributed by atoms with Crippen LogP contribution in [0.5, 0.6) is 11.5 Å². The molecule has 3 aromatic carbocycles. The van der Waals surface area contributed by atoms with Crippen LogP contribution in [0.2, 0.25) is 5.02 Å². The number of carbonyl (C=O) groups excluding carboxylic acids is 2. The Morgan fingerprint density at radius 3 is 2.53 bits per heavy atom. The number of urea groups is 1. The first-order chi connectivity index (χ1) is 20.6. The summed E-state index contributed by atoms with van der Waals surface area (Å²) in [6.07, 6.45) is 0.617. The molecule has 226 valence electrons. The highest BCUT2D eigenvalue weighted by atomic mass is 35.5. The molecular formula is C30H29ClF2N4O6. The van der Waals surface area contributed by atoms with E-state index in [4.69, 9.17) is 21.2 Å². The fraction of sp³-hybridized carbons (Fsp3) is 0.267. The van der Waals surface area contributed by atoms with Crippen LogP contribution >= 0.6 is 11.6 Å². The van der Waals surface area contributed by atoms with E-state index in [2.05, 4.69) is 15.8 Å². The number of nitrogens with zero attached hydrogens (tertiary/aromatic N) is 2. The van der Waals surface area contributed by atoms with E-state index in [1.807, 2.05) is 6.92 Å². The van der Waals surface area contributed by atoms with E-state index in [0.29, 0.717) is 28.3 Å². The zero-order chi connectivity index (χ0) is 31.1. The molecule has 1 unspecified atom stereocenters. The number of hydrogen-bond donors (Lipinski definition) is 3. The van der Waals surface area contributed by atoms with Crippen LogP contribution in [0, 0.1) is 17.6 Å². The van der Waals surface area contributed by atoms with Crippen molar-refractivity contribution in [1.29, 1.82) is 0 Å². The Morgan fingerprint density at radius 1 is 1.14 bits per heavy atom. The smallest absolute Gasteiger partial charge is 0.335 e. The molecule has 3 aromatic rings. The molecule has 13 heteroatoms. The van der Waals surface area contributed by atoms with Crippen LogP contribution in [0.4, 0.5) is 13.6 Å². The maximum Gasteiger partial charge on any atom is 0.335 e. The number of amides is 3. The van der Waals surface area contributed by atoms with Crippen molar-refractivity contribution in [2.75, 3.05) is 20.2 Å². The number of imide groups is 1. The van der Waals surface area contributed by atoms with Crippen molar-refractivity contribution in [2.24, 2.45) is 11.1 Å². The van der Waals surface area contributed by atoms with Crippen LogP contribution in [0.1, 0.15) is 40.9 Å². The second kappa shape index (κ2) is 14.0. The number of oxime groups is 1. The maximum atomic E-state index is 13.8. The minimum absolute atomic E-state index is 0.0616. The summed E-state index contributed by atoms with van der Waals surface area (Å²) in [4.78, 5) is 44.9. The lowest BCUT2D eigenvalue weighted by Gasteiger charge is -2.26. The number of methoxy groups -OCH3 is 1. The van der Waals surface area contributed by atoms with Gasteiger partial charge in [-0.3, -0.25) is 9.69 Å². The van der Waals surface area contributed by atoms with Crippen LogP contribution < -0.4 is 20.2 Å². The number of nitrogens with one attached hydrogen (secondary N) is 2. The number of carbonyl (C=O) groups is 3. The van der Waals surface area contributed by atoms with Crippen LogP contribution in [-0.2, 0) is 11.2 Å². The summed E-state index contributed by atoms with van der Waals surface area (Å²) < 4.78 is 32.4. The van der Waals surface area contributed by atoms with Crippen LogP contribution in [0.25, 0.3) is 0 Å². The number of benzene rings is 3. The lowest BCUT2D eigenvalue weighted by molar-refractivity contribution is -0.131. The van der Waals surface area contributed by atoms with Gasteiger partial charge in [0.1, 0.15) is 5.75 Å². The Labute approximate surface area is 251 Å². The number of amidine groups is 1. The maximum absolute atomic E-state index is 13.8. The van der Waals surface area contributed by atoms with Gasteiger partial charge in [0.25, 0.3) is 0 Å². The van der Waals surface area contributed by atoms with E-state index in [9.17, 15) is 28.3 Å². The van der Waals surface area contributed by atoms with E-state index in [-0.39, 0.29) is 36.7 Å². The van der Waals surface area contributed by atoms with E-state index in [1.165, 1.54) is 25.3 Å². The molecule has 4 rings (SSSR count). The van der Waals surface area contributed by atoms with Gasteiger partial charge in [-0.1, -0.05) is 35.8 Å². The molecular weight excluding hydrogens is 586 g/mol. The zero-order valence-electron chi connectivity index (χ0n) is 23.3. The summed E-state index contributed by atoms with van der Waals surface area (Å²) in [5, 5.41) is 19.5. The van der Waals surface area contributed by atoms with Gasteiger partial charge < -0.3 is 25.3 Å². The number of rotatable bonds is 9. The van der Waals surface area contributed by atoms with Gasteiger partial charge in [0.15, 0.2) is 23.2 Å². The number of halogens is 3. The SMILES string of the molecule is CCC(NC(=O)N1C/C(=N/Oc2ccc(F)c(F)c2)NC[C@@H](Cc2cc(Cl)ccc2OC)C1=O)c1ccc(C(=O)O)cc1. The number of hydrogen-bond acceptors (Lipinski definition) is 6. The van der Waals surface area contributed by atoms with Crippen molar-refractivity contribution in [2.45, 2.75) is 25.8 Å². The van der Waals surface area contributed by atoms with Crippen molar-refractivity contribution in [3.05, 3.63) is 94.0 Å². The molecule has 1 fully saturated rings. The molecule has 1 saturated heterocycles. The first-order valence-electron chi connectivity index (χ1n) is 13.3. The summed E-state index contributed by atoms with van der Waals surface area (Å²) in [6, 6.07) is 12.7. The van der Waals surface area contributed by atoms with Crippen LogP contribution in [0.3, 0.4) is 0 Å². The van der Waals surface area contributed by atoms with Gasteiger partial charge >= 0.3 is 12.0 Å². The Morgan fingerprint density at radius 2 is 1.88 bits per heavy atom. The average molecular weight is 615 g/mol. The summed E-state index contributed by atoms with van der Waals surface area (Å²) in [5.74, 6) is -4.01. The second-order valence-corrected chi connectivity index (χ2v) is 10.1. The molecule has 10 nitrogen and oxygen atoms in total. The molecule has 0 spiro atoms. The van der Waals surface area contributed by atoms with Crippen LogP contribution in [0.15, 0.2) is 65.8 Å². The number of carboxylic acid groups (broad SMARTS) is 1. The fourth-order valence-electron chi connectivity index (χ4n) is 4.54. The summed E-state index contributed by atoms with van der Waals surface area (Å²) in [5.41, 5.74) is 1.40. The quantitative estimate of drug-likeness (QED) is 0.284. The molecule has 43 heavy (non-hydrogen) atoms. The molecule has 2 atom stereocenters. The molecule has 1 heterocycles. The Kier molecular flexibility index (Phi) is 10.1. The molecule has 1 aliphatic heterocycles. The zero-order valence-corrected chi connectivity index (χ0v) is 24.0. The Bertz CT molecular complexity index is 1540. The molecule has 0 saturated carbocycles. The third-order valence-corrected chi connectivity index (χ3v) is 7.08. The van der Waals surface area contributed by atoms with Gasteiger partial charge in [0.2, 0.25) is 5.91 Å². The standard InChI is InChI=1S/C30H29ClF2N4O6/c1-3-25(17-4-6-18(7-5-17)29(39)40)35-30(41)37-16-27(36-43-22-9-10-23(32)24(33)14-22)34-15-20(28(37)38)12-19-13-21(31)8-11-26(19)42-2/h4-11,13-14,20,25H,3,12,15-16H2,1-2H3,(H,34,36)(H,35,41)(H,39,40)/t20-,25?/m1/s1. The highest BCUT2D eigenvalue weighted by Crippen LogP contribution is 2.27. The van der Waals surface area contributed by atoms with Crippen molar-refractivity contribution < 1.29 is 37.8 Å². The minimum Gasteiger partial charge on any atom is -0.496 e. The van der Waals surface area contributed by atoms with Crippen molar-refractivity contribution >= 4 is 35.3 Å². The molecule has 0 radical (unpaired) electrons. The molecule has 1 aliphatic rings. The van der Waals surface area contributed by atoms with E-state index >= 15 is 0 Å². The van der Waals surface area contributed by atoms with Crippen molar-refractivity contribution in [3.8, 4) is 11.5 Å². The lowest BCUT2D eigenvalue weighted by Crippen LogP contribution is -2.48. The topological polar surface area (TPSA) is 130 Å². The number of ether oxygens (including phenoxy) is 1. The lowest BCUT2D eigenvalue weighted by atomic mass is 9.97. The summed E-state index contributed by atoms with van der Waals surface area (Å²) in [7, 11) is 1.49. The minimum atomic E-state index is -1.12. The predicted octanol–water partition coefficient (Wildman–Crippen LogP) is 5.17. The average Bonchev–Trinajstić information content (AvgIpc) is 3.15. The van der Waals surface area contributed by atoms with E-state index in [1.54, 1.807) is 30.3 Å². The van der Waals surface area contributed by atoms with Gasteiger partial charge in [0, 0.05) is 17.6 Å². The predicted molar refractivity (Wildman–Crippen MR) is 154 cm³/mol. The molecule has 3 amide bonds. The van der Waals surface area contributed by atoms with E-state index in [0.717, 1.165) is 17.0 Å². The molecule has 0 aromatic heterocycles. The molecule has 3 N–H and O–H groups in total. The van der Waals surface area contributed by atoms with Gasteiger partial charge in [-0.15, -0.1) is 0 Å². The van der Waals surface area contributed by atoms with Crippen molar-refractivity contribution in [3.63, 3.8) is 0 Å². The number of carboxylic acids is 1. The van der Waals surface area contributed by atoms with Crippen LogP contribution in [-0.4, -0.2) is 53.9 Å². The normalized spacial score (nSPS) is 16.7. The molecule has 0 bridgehead atoms. The summed E-state index contributed by atoms with van der Waals surface area (Å²) >= 11 is 6.19. The second-order valence-electron chi connectivity index (χ2n) is 9.71. The third kappa shape index (κ3) is 7.77. The number of aromatic carboxylic acids is 1. The summed E-state index contributed by atoms with van der Waals surface area (Å²) in [6.45, 7) is 1.58. The highest BCUT2D eigenvalue weighted by Gasteiger charge is 2.35. The van der Waals surface area contributed by atoms with Gasteiger partial charge in [0.05, 0.1) is 31.2 Å². The van der Waals surface area contributed by atoms with Gasteiger partial charge in [-0.2, -0.15) is 0 Å². The largest absolute Gasteiger partial charge is 0.496 e. The Balaban J connectivity index is 1.61. The van der Waals surface area contributed by atoms with E-state index < -0.39 is 41.5 Å². The van der Waals surface area contributed by atoms with Crippen molar-refractivity contribution in [1.82, 2.24) is 15.5 Å². The highest BCUT2D eigenvalue weighted by molar-refractivity contribution is 6.30. The van der Waals surface area contributed by atoms with Gasteiger partial charge in [-0.05, 0) is 66.4 Å². The fourth-order valence-corrected chi connectivity index (χ4v) is 4.74. The molecule has 0 aliphatic carbocycles.